The SMILES string of the molecule is O=C1CSC(=O)N1C[C@H](O)CN1CC[C@@H](F)C1. The van der Waals surface area contributed by atoms with Crippen LogP contribution in [0, 0.1) is 0 Å². The van der Waals surface area contributed by atoms with E-state index in [4.69, 9.17) is 0 Å². The predicted octanol–water partition coefficient (Wildman–Crippen LogP) is 0.0865. The van der Waals surface area contributed by atoms with Crippen LogP contribution >= 0.6 is 11.8 Å². The van der Waals surface area contributed by atoms with Crippen molar-refractivity contribution in [3.63, 3.8) is 0 Å². The third kappa shape index (κ3) is 3.17. The highest BCUT2D eigenvalue weighted by molar-refractivity contribution is 8.14. The molecular weight excluding hydrogens is 247 g/mol. The molecule has 96 valence electrons. The van der Waals surface area contributed by atoms with Crippen molar-refractivity contribution in [2.45, 2.75) is 18.7 Å². The Labute approximate surface area is 103 Å². The van der Waals surface area contributed by atoms with E-state index in [0.717, 1.165) is 16.7 Å². The lowest BCUT2D eigenvalue weighted by molar-refractivity contribution is -0.125. The lowest BCUT2D eigenvalue weighted by Gasteiger charge is -2.22. The van der Waals surface area contributed by atoms with Gasteiger partial charge in [-0.3, -0.25) is 19.4 Å². The number of aliphatic hydroxyl groups is 1. The summed E-state index contributed by atoms with van der Waals surface area (Å²) in [7, 11) is 0. The average Bonchev–Trinajstić information content (AvgIpc) is 2.79. The third-order valence-corrected chi connectivity index (χ3v) is 3.78. The van der Waals surface area contributed by atoms with Crippen LogP contribution in [0.15, 0.2) is 0 Å². The number of halogens is 1. The Morgan fingerprint density at radius 1 is 1.47 bits per heavy atom. The number of alkyl halides is 1. The van der Waals surface area contributed by atoms with E-state index in [2.05, 4.69) is 0 Å². The molecule has 7 heteroatoms. The molecule has 5 nitrogen and oxygen atoms in total. The molecule has 0 saturated carbocycles. The van der Waals surface area contributed by atoms with Gasteiger partial charge in [0.2, 0.25) is 5.91 Å². The van der Waals surface area contributed by atoms with Gasteiger partial charge in [-0.1, -0.05) is 11.8 Å². The van der Waals surface area contributed by atoms with Crippen LogP contribution in [0.2, 0.25) is 0 Å². The number of rotatable bonds is 4. The lowest BCUT2D eigenvalue weighted by Crippen LogP contribution is -2.41. The molecule has 0 spiro atoms. The third-order valence-electron chi connectivity index (χ3n) is 2.92. The van der Waals surface area contributed by atoms with Gasteiger partial charge in [0.05, 0.1) is 18.4 Å². The van der Waals surface area contributed by atoms with Crippen molar-refractivity contribution in [2.24, 2.45) is 0 Å². The normalized spacial score (nSPS) is 28.1. The maximum atomic E-state index is 12.9. The molecule has 2 amide bonds. The summed E-state index contributed by atoms with van der Waals surface area (Å²) in [6.07, 6.45) is -1.14. The summed E-state index contributed by atoms with van der Waals surface area (Å²) in [5, 5.41) is 9.47. The number of nitrogens with zero attached hydrogens (tertiary/aromatic N) is 2. The van der Waals surface area contributed by atoms with Gasteiger partial charge < -0.3 is 5.11 Å². The molecule has 2 aliphatic rings. The summed E-state index contributed by atoms with van der Waals surface area (Å²) in [5.41, 5.74) is 0. The van der Waals surface area contributed by atoms with E-state index >= 15 is 0 Å². The van der Waals surface area contributed by atoms with Gasteiger partial charge in [-0.15, -0.1) is 0 Å². The minimum atomic E-state index is -0.826. The highest BCUT2D eigenvalue weighted by Crippen LogP contribution is 2.19. The highest BCUT2D eigenvalue weighted by Gasteiger charge is 2.32. The first-order valence-electron chi connectivity index (χ1n) is 5.58. The van der Waals surface area contributed by atoms with Crippen LogP contribution in [0.5, 0.6) is 0 Å². The highest BCUT2D eigenvalue weighted by atomic mass is 32.2. The average molecular weight is 262 g/mol. The smallest absolute Gasteiger partial charge is 0.288 e. The number of hydrogen-bond acceptors (Lipinski definition) is 5. The number of likely N-dealkylation sites (tertiary alicyclic amines) is 1. The van der Waals surface area contributed by atoms with Crippen molar-refractivity contribution in [3.8, 4) is 0 Å². The fourth-order valence-corrected chi connectivity index (χ4v) is 2.81. The minimum Gasteiger partial charge on any atom is -0.390 e. The van der Waals surface area contributed by atoms with Gasteiger partial charge in [-0.05, 0) is 6.42 Å². The standard InChI is InChI=1S/C10H15FN2O3S/c11-7-1-2-12(3-7)4-8(14)5-13-9(15)6-17-10(13)16/h7-8,14H,1-6H2/t7-,8-/m1/s1. The Morgan fingerprint density at radius 2 is 2.24 bits per heavy atom. The van der Waals surface area contributed by atoms with Crippen LogP contribution < -0.4 is 0 Å². The second kappa shape index (κ2) is 5.32. The van der Waals surface area contributed by atoms with Crippen molar-refractivity contribution in [1.82, 2.24) is 9.80 Å². The number of β-amino-alcohol motifs (C(OH)–C–C–N with tert-alkyl or cyclic N) is 1. The van der Waals surface area contributed by atoms with E-state index in [9.17, 15) is 19.1 Å². The molecule has 2 rings (SSSR count). The predicted molar refractivity (Wildman–Crippen MR) is 61.5 cm³/mol. The summed E-state index contributed by atoms with van der Waals surface area (Å²) in [5.74, 6) is -0.106. The molecule has 0 unspecified atom stereocenters. The van der Waals surface area contributed by atoms with Crippen molar-refractivity contribution in [2.75, 3.05) is 31.9 Å². The molecule has 0 aromatic rings. The van der Waals surface area contributed by atoms with Crippen molar-refractivity contribution in [3.05, 3.63) is 0 Å². The molecule has 0 aromatic carbocycles. The Bertz CT molecular complexity index is 313. The lowest BCUT2D eigenvalue weighted by atomic mass is 10.3. The Hall–Kier alpha value is -0.660. The first kappa shape index (κ1) is 12.8. The monoisotopic (exact) mass is 262 g/mol. The summed E-state index contributed by atoms with van der Waals surface area (Å²) in [6.45, 7) is 1.27. The fraction of sp³-hybridized carbons (Fsp3) is 0.800. The molecule has 1 N–H and O–H groups in total. The van der Waals surface area contributed by atoms with Gasteiger partial charge in [0, 0.05) is 19.6 Å². The number of thioether (sulfide) groups is 1. The first-order valence-corrected chi connectivity index (χ1v) is 6.56. The Balaban J connectivity index is 1.79. The van der Waals surface area contributed by atoms with Crippen LogP contribution in [0.4, 0.5) is 9.18 Å². The van der Waals surface area contributed by atoms with Crippen molar-refractivity contribution >= 4 is 22.9 Å². The van der Waals surface area contributed by atoms with Crippen LogP contribution in [0.3, 0.4) is 0 Å². The maximum Gasteiger partial charge on any atom is 0.288 e. The molecular formula is C10H15FN2O3S. The van der Waals surface area contributed by atoms with Crippen molar-refractivity contribution < 1.29 is 19.1 Å². The summed E-state index contributed by atoms with van der Waals surface area (Å²) < 4.78 is 12.9. The number of hydrogen-bond donors (Lipinski definition) is 1. The molecule has 2 aliphatic heterocycles. The number of aliphatic hydroxyl groups excluding tert-OH is 1. The number of imide groups is 1. The molecule has 0 aliphatic carbocycles. The van der Waals surface area contributed by atoms with Gasteiger partial charge in [-0.2, -0.15) is 0 Å². The van der Waals surface area contributed by atoms with E-state index in [1.807, 2.05) is 4.90 Å². The van der Waals surface area contributed by atoms with Crippen molar-refractivity contribution in [1.29, 1.82) is 0 Å². The zero-order valence-corrected chi connectivity index (χ0v) is 10.2. The molecule has 17 heavy (non-hydrogen) atoms. The second-order valence-corrected chi connectivity index (χ2v) is 5.28. The summed E-state index contributed by atoms with van der Waals surface area (Å²) in [6, 6.07) is 0. The van der Waals surface area contributed by atoms with Gasteiger partial charge in [0.15, 0.2) is 0 Å². The topological polar surface area (TPSA) is 60.9 Å². The largest absolute Gasteiger partial charge is 0.390 e. The van der Waals surface area contributed by atoms with Crippen LogP contribution in [-0.4, -0.2) is 70.3 Å². The summed E-state index contributed by atoms with van der Waals surface area (Å²) >= 11 is 0.951. The number of amides is 2. The van der Waals surface area contributed by atoms with E-state index < -0.39 is 12.3 Å². The first-order chi connectivity index (χ1) is 8.06. The fourth-order valence-electron chi connectivity index (χ4n) is 2.08. The Morgan fingerprint density at radius 3 is 2.76 bits per heavy atom. The molecule has 2 heterocycles. The van der Waals surface area contributed by atoms with E-state index in [-0.39, 0.29) is 23.4 Å². The second-order valence-electron chi connectivity index (χ2n) is 4.36. The van der Waals surface area contributed by atoms with E-state index in [1.165, 1.54) is 0 Å². The molecule has 0 aromatic heterocycles. The molecule has 0 bridgehead atoms. The van der Waals surface area contributed by atoms with Gasteiger partial charge in [-0.25, -0.2) is 4.39 Å². The van der Waals surface area contributed by atoms with Gasteiger partial charge in [0.1, 0.15) is 6.17 Å². The van der Waals surface area contributed by atoms with Crippen LogP contribution in [0.25, 0.3) is 0 Å². The minimum absolute atomic E-state index is 0.0120. The molecule has 2 fully saturated rings. The van der Waals surface area contributed by atoms with Crippen LogP contribution in [0.1, 0.15) is 6.42 Å². The summed E-state index contributed by atoms with van der Waals surface area (Å²) in [4.78, 5) is 25.5. The van der Waals surface area contributed by atoms with Gasteiger partial charge in [0.25, 0.3) is 5.24 Å². The number of carbonyl (C=O) groups excluding carboxylic acids is 2. The molecule has 2 saturated heterocycles. The quantitative estimate of drug-likeness (QED) is 0.778. The van der Waals surface area contributed by atoms with E-state index in [1.54, 1.807) is 0 Å². The number of carbonyl (C=O) groups is 2. The molecule has 0 radical (unpaired) electrons. The maximum absolute atomic E-state index is 12.9. The van der Waals surface area contributed by atoms with Gasteiger partial charge >= 0.3 is 0 Å². The molecule has 2 atom stereocenters. The zero-order valence-electron chi connectivity index (χ0n) is 9.34. The van der Waals surface area contributed by atoms with E-state index in [0.29, 0.717) is 26.1 Å². The van der Waals surface area contributed by atoms with Crippen LogP contribution in [-0.2, 0) is 4.79 Å². The Kier molecular flexibility index (Phi) is 4.01. The zero-order chi connectivity index (χ0) is 12.4.